The summed E-state index contributed by atoms with van der Waals surface area (Å²) in [5.41, 5.74) is 0. The normalized spacial score (nSPS) is 15.6. The van der Waals surface area contributed by atoms with Gasteiger partial charge in [0.05, 0.1) is 0 Å². The minimum atomic E-state index is -5.09. The van der Waals surface area contributed by atoms with Crippen LogP contribution in [0.2, 0.25) is 0 Å². The molecule has 14 heavy (non-hydrogen) atoms. The quantitative estimate of drug-likeness (QED) is 0.671. The van der Waals surface area contributed by atoms with E-state index in [1.807, 2.05) is 0 Å². The molecule has 0 fully saturated rings. The summed E-state index contributed by atoms with van der Waals surface area (Å²) in [7, 11) is 0. The minimum Gasteiger partial charge on any atom is -0.305 e. The summed E-state index contributed by atoms with van der Waals surface area (Å²) in [6, 6.07) is 0. The van der Waals surface area contributed by atoms with Crippen molar-refractivity contribution in [1.29, 1.82) is 0 Å². The van der Waals surface area contributed by atoms with Gasteiger partial charge in [0.25, 0.3) is 0 Å². The van der Waals surface area contributed by atoms with Gasteiger partial charge in [0, 0.05) is 6.42 Å². The lowest BCUT2D eigenvalue weighted by atomic mass is 10.3. The highest BCUT2D eigenvalue weighted by Gasteiger charge is 2.46. The summed E-state index contributed by atoms with van der Waals surface area (Å²) in [6.45, 7) is -0.678. The molecule has 0 aliphatic heterocycles. The van der Waals surface area contributed by atoms with Crippen molar-refractivity contribution in [2.45, 2.75) is 31.7 Å². The van der Waals surface area contributed by atoms with Gasteiger partial charge in [-0.2, -0.15) is 26.9 Å². The predicted molar refractivity (Wildman–Crippen MR) is 33.2 cm³/mol. The van der Waals surface area contributed by atoms with Crippen LogP contribution in [0.25, 0.3) is 0 Å². The molecule has 0 spiro atoms. The summed E-state index contributed by atoms with van der Waals surface area (Å²) >= 11 is 0. The molecular weight excluding hydrogens is 218 g/mol. The van der Waals surface area contributed by atoms with Crippen LogP contribution in [0.3, 0.4) is 0 Å². The topological polar surface area (TPSA) is 18.5 Å². The number of halogens is 6. The zero-order valence-corrected chi connectivity index (χ0v) is 7.08. The summed E-state index contributed by atoms with van der Waals surface area (Å²) in [6.07, 6.45) is -12.9. The van der Waals surface area contributed by atoms with Crippen molar-refractivity contribution in [1.82, 2.24) is 0 Å². The number of hydrogen-bond donors (Lipinski definition) is 0. The van der Waals surface area contributed by atoms with E-state index in [1.165, 1.54) is 0 Å². The van der Waals surface area contributed by atoms with Gasteiger partial charge < -0.3 is 4.74 Å². The van der Waals surface area contributed by atoms with Crippen LogP contribution >= 0.6 is 0 Å². The molecule has 0 aromatic rings. The van der Waals surface area contributed by atoms with Crippen LogP contribution in [0, 0.1) is 0 Å². The van der Waals surface area contributed by atoms with Crippen LogP contribution in [0.1, 0.15) is 13.3 Å². The number of hydrogen-bond acceptors (Lipinski definition) is 2. The average molecular weight is 226 g/mol. The third-order valence-electron chi connectivity index (χ3n) is 1.31. The van der Waals surface area contributed by atoms with Crippen LogP contribution in [0.4, 0.5) is 26.5 Å². The molecule has 1 atom stereocenters. The van der Waals surface area contributed by atoms with Gasteiger partial charge in [0.1, 0.15) is 6.61 Å². The van der Waals surface area contributed by atoms with Gasteiger partial charge in [0.2, 0.25) is 0 Å². The number of rotatable bonds is 5. The average Bonchev–Trinajstić information content (AvgIpc) is 2.02. The van der Waals surface area contributed by atoms with Crippen molar-refractivity contribution in [2.24, 2.45) is 0 Å². The van der Waals surface area contributed by atoms with E-state index in [2.05, 4.69) is 9.68 Å². The monoisotopic (exact) mass is 226 g/mol. The number of ether oxygens (including phenoxy) is 1. The predicted octanol–water partition coefficient (Wildman–Crippen LogP) is 2.84. The van der Waals surface area contributed by atoms with Crippen LogP contribution in [-0.4, -0.2) is 25.0 Å². The fraction of sp³-hybridized carbons (Fsp3) is 1.00. The second-order valence-electron chi connectivity index (χ2n) is 2.41. The van der Waals surface area contributed by atoms with E-state index in [1.54, 1.807) is 0 Å². The molecule has 0 aromatic heterocycles. The van der Waals surface area contributed by atoms with Crippen molar-refractivity contribution >= 4 is 0 Å². The summed E-state index contributed by atoms with van der Waals surface area (Å²) < 4.78 is 74.8. The molecule has 0 radical (unpaired) electrons. The van der Waals surface area contributed by atoms with Gasteiger partial charge in [-0.15, -0.1) is 0 Å². The van der Waals surface area contributed by atoms with Crippen LogP contribution in [-0.2, 0) is 9.68 Å². The third kappa shape index (κ3) is 4.66. The maximum atomic E-state index is 12.4. The Morgan fingerprint density at radius 2 is 1.64 bits per heavy atom. The Morgan fingerprint density at radius 3 is 1.93 bits per heavy atom. The smallest absolute Gasteiger partial charge is 0.305 e. The van der Waals surface area contributed by atoms with E-state index in [9.17, 15) is 26.5 Å². The Bertz CT molecular complexity index is 165. The van der Waals surface area contributed by atoms with Crippen molar-refractivity contribution < 1.29 is 36.2 Å². The Kier molecular flexibility index (Phi) is 4.66. The maximum absolute atomic E-state index is 12.4. The first-order valence-corrected chi connectivity index (χ1v) is 3.59. The van der Waals surface area contributed by atoms with Crippen molar-refractivity contribution in [3.63, 3.8) is 0 Å². The van der Waals surface area contributed by atoms with Crippen LogP contribution < -0.4 is 0 Å². The van der Waals surface area contributed by atoms with Crippen molar-refractivity contribution in [3.05, 3.63) is 0 Å². The molecule has 2 nitrogen and oxygen atoms in total. The second kappa shape index (κ2) is 4.83. The molecule has 0 aliphatic carbocycles. The number of alkyl halides is 5. The lowest BCUT2D eigenvalue weighted by molar-refractivity contribution is -0.344. The molecule has 0 saturated carbocycles. The SMILES string of the molecule is CCC(F)(F)OC(COF)C(F)(F)F. The zero-order chi connectivity index (χ0) is 11.4. The second-order valence-corrected chi connectivity index (χ2v) is 2.41. The van der Waals surface area contributed by atoms with Gasteiger partial charge in [-0.25, -0.2) is 0 Å². The molecular formula is C6H8F6O2. The van der Waals surface area contributed by atoms with Gasteiger partial charge in [-0.3, -0.25) is 0 Å². The Morgan fingerprint density at radius 1 is 1.14 bits per heavy atom. The van der Waals surface area contributed by atoms with Crippen LogP contribution in [0.5, 0.6) is 0 Å². The first kappa shape index (κ1) is 13.5. The molecule has 8 heteroatoms. The standard InChI is InChI=1S/C6H8F6O2/c1-2-5(7,8)14-4(3-13-12)6(9,10)11/h4H,2-3H2,1H3. The molecule has 0 amide bonds. The van der Waals surface area contributed by atoms with E-state index in [0.717, 1.165) is 6.92 Å². The Hall–Kier alpha value is -0.500. The van der Waals surface area contributed by atoms with E-state index in [-0.39, 0.29) is 0 Å². The maximum Gasteiger partial charge on any atom is 0.417 e. The third-order valence-corrected chi connectivity index (χ3v) is 1.31. The molecule has 0 aliphatic rings. The molecule has 86 valence electrons. The van der Waals surface area contributed by atoms with Gasteiger partial charge in [0.15, 0.2) is 6.10 Å². The van der Waals surface area contributed by atoms with Crippen LogP contribution in [0.15, 0.2) is 0 Å². The van der Waals surface area contributed by atoms with E-state index in [4.69, 9.17) is 0 Å². The Labute approximate surface area is 75.7 Å². The van der Waals surface area contributed by atoms with Gasteiger partial charge in [-0.05, 0) is 4.53 Å². The van der Waals surface area contributed by atoms with E-state index in [0.29, 0.717) is 0 Å². The fourth-order valence-electron chi connectivity index (χ4n) is 0.544. The van der Waals surface area contributed by atoms with E-state index >= 15 is 0 Å². The molecule has 0 bridgehead atoms. The zero-order valence-electron chi connectivity index (χ0n) is 7.08. The summed E-state index contributed by atoms with van der Waals surface area (Å²) in [4.78, 5) is 2.64. The van der Waals surface area contributed by atoms with E-state index < -0.39 is 31.4 Å². The van der Waals surface area contributed by atoms with Gasteiger partial charge in [-0.1, -0.05) is 6.92 Å². The molecule has 1 unspecified atom stereocenters. The highest BCUT2D eigenvalue weighted by atomic mass is 19.4. The highest BCUT2D eigenvalue weighted by molar-refractivity contribution is 4.68. The molecule has 0 saturated heterocycles. The highest BCUT2D eigenvalue weighted by Crippen LogP contribution is 2.30. The lowest BCUT2D eigenvalue weighted by Crippen LogP contribution is -2.40. The molecule has 0 aromatic carbocycles. The Balaban J connectivity index is 4.38. The summed E-state index contributed by atoms with van der Waals surface area (Å²) in [5, 5.41) is 0. The molecule has 0 rings (SSSR count). The molecule has 0 N–H and O–H groups in total. The molecule has 0 heterocycles. The largest absolute Gasteiger partial charge is 0.417 e. The fourth-order valence-corrected chi connectivity index (χ4v) is 0.544. The first-order valence-electron chi connectivity index (χ1n) is 3.59. The first-order chi connectivity index (χ1) is 6.23. The van der Waals surface area contributed by atoms with Gasteiger partial charge >= 0.3 is 12.3 Å². The van der Waals surface area contributed by atoms with Crippen molar-refractivity contribution in [3.8, 4) is 0 Å². The lowest BCUT2D eigenvalue weighted by Gasteiger charge is -2.23. The van der Waals surface area contributed by atoms with Crippen molar-refractivity contribution in [2.75, 3.05) is 6.61 Å². The summed E-state index contributed by atoms with van der Waals surface area (Å²) in [5.74, 6) is 0. The minimum absolute atomic E-state index is 0.934.